The lowest BCUT2D eigenvalue weighted by atomic mass is 9.98. The zero-order valence-corrected chi connectivity index (χ0v) is 14.0. The Kier molecular flexibility index (Phi) is 4.60. The van der Waals surface area contributed by atoms with Crippen molar-refractivity contribution in [3.8, 4) is 0 Å². The van der Waals surface area contributed by atoms with Crippen LogP contribution < -0.4 is 10.2 Å². The van der Waals surface area contributed by atoms with Gasteiger partial charge in [0.2, 0.25) is 0 Å². The number of aromatic nitrogens is 1. The summed E-state index contributed by atoms with van der Waals surface area (Å²) >= 11 is 1.74. The number of nitrogens with zero attached hydrogens (tertiary/aromatic N) is 2. The lowest BCUT2D eigenvalue weighted by molar-refractivity contribution is 0.0954. The lowest BCUT2D eigenvalue weighted by Gasteiger charge is -2.34. The fourth-order valence-electron chi connectivity index (χ4n) is 3.64. The van der Waals surface area contributed by atoms with Crippen molar-refractivity contribution in [3.05, 3.63) is 47.5 Å². The number of nitrogens with one attached hydrogen (secondary N) is 1. The van der Waals surface area contributed by atoms with Crippen molar-refractivity contribution in [1.82, 2.24) is 10.3 Å². The largest absolute Gasteiger partial charge is 0.372 e. The Morgan fingerprint density at radius 3 is 2.70 bits per heavy atom. The minimum atomic E-state index is 0.202. The van der Waals surface area contributed by atoms with Crippen molar-refractivity contribution in [2.75, 3.05) is 24.6 Å². The number of rotatable bonds is 4. The highest BCUT2D eigenvalue weighted by Crippen LogP contribution is 2.30. The van der Waals surface area contributed by atoms with Gasteiger partial charge >= 0.3 is 0 Å². The number of benzene rings is 1. The summed E-state index contributed by atoms with van der Waals surface area (Å²) in [6.45, 7) is 3.04. The summed E-state index contributed by atoms with van der Waals surface area (Å²) in [6.07, 6.45) is 5.56. The Morgan fingerprint density at radius 2 is 1.96 bits per heavy atom. The van der Waals surface area contributed by atoms with Crippen LogP contribution in [0.25, 0.3) is 0 Å². The van der Waals surface area contributed by atoms with E-state index >= 15 is 0 Å². The van der Waals surface area contributed by atoms with Crippen LogP contribution >= 0.6 is 11.3 Å². The molecule has 2 aliphatic rings. The van der Waals surface area contributed by atoms with Gasteiger partial charge in [0.1, 0.15) is 0 Å². The van der Waals surface area contributed by atoms with Crippen LogP contribution in [0.2, 0.25) is 0 Å². The Balaban J connectivity index is 1.34. The molecule has 0 spiro atoms. The molecule has 2 unspecified atom stereocenters. The first kappa shape index (κ1) is 15.1. The quantitative estimate of drug-likeness (QED) is 0.934. The van der Waals surface area contributed by atoms with Crippen molar-refractivity contribution < 1.29 is 4.74 Å². The molecule has 2 aromatic rings. The molecule has 2 aliphatic heterocycles. The summed E-state index contributed by atoms with van der Waals surface area (Å²) in [5.41, 5.74) is 1.29. The molecule has 2 fully saturated rings. The van der Waals surface area contributed by atoms with Gasteiger partial charge in [-0.3, -0.25) is 0 Å². The maximum atomic E-state index is 5.99. The van der Waals surface area contributed by atoms with Gasteiger partial charge < -0.3 is 15.0 Å². The molecule has 5 heteroatoms. The van der Waals surface area contributed by atoms with Crippen LogP contribution in [-0.2, 0) is 4.74 Å². The van der Waals surface area contributed by atoms with E-state index in [1.54, 1.807) is 11.3 Å². The van der Waals surface area contributed by atoms with E-state index in [1.165, 1.54) is 18.4 Å². The fraction of sp³-hybridized carbons (Fsp3) is 0.500. The Labute approximate surface area is 141 Å². The van der Waals surface area contributed by atoms with Crippen molar-refractivity contribution in [2.45, 2.75) is 37.5 Å². The maximum absolute atomic E-state index is 5.99. The zero-order chi connectivity index (χ0) is 15.5. The molecule has 4 rings (SSSR count). The van der Waals surface area contributed by atoms with E-state index < -0.39 is 0 Å². The third-order valence-electron chi connectivity index (χ3n) is 4.85. The standard InChI is InChI=1S/C18H23N3OS/c1-2-4-14(5-3-1)17-16(8-12-22-17)20-15-6-10-21(11-7-15)18-19-9-13-23-18/h1-5,9,13,15-17,20H,6-8,10-12H2. The molecule has 1 aromatic carbocycles. The molecule has 3 heterocycles. The van der Waals surface area contributed by atoms with Gasteiger partial charge in [0.05, 0.1) is 6.10 Å². The summed E-state index contributed by atoms with van der Waals surface area (Å²) < 4.78 is 5.99. The molecule has 0 saturated carbocycles. The molecular weight excluding hydrogens is 306 g/mol. The van der Waals surface area contributed by atoms with Gasteiger partial charge in [-0.15, -0.1) is 11.3 Å². The van der Waals surface area contributed by atoms with Crippen LogP contribution in [0.1, 0.15) is 30.9 Å². The average molecular weight is 329 g/mol. The third-order valence-corrected chi connectivity index (χ3v) is 5.69. The van der Waals surface area contributed by atoms with Gasteiger partial charge in [0, 0.05) is 43.4 Å². The minimum Gasteiger partial charge on any atom is -0.372 e. The summed E-state index contributed by atoms with van der Waals surface area (Å²) in [4.78, 5) is 6.83. The molecular formula is C18H23N3OS. The highest BCUT2D eigenvalue weighted by molar-refractivity contribution is 7.13. The van der Waals surface area contributed by atoms with E-state index in [9.17, 15) is 0 Å². The summed E-state index contributed by atoms with van der Waals surface area (Å²) in [5.74, 6) is 0. The minimum absolute atomic E-state index is 0.202. The van der Waals surface area contributed by atoms with E-state index in [-0.39, 0.29) is 6.10 Å². The fourth-order valence-corrected chi connectivity index (χ4v) is 4.34. The summed E-state index contributed by atoms with van der Waals surface area (Å²) in [5, 5.41) is 7.08. The van der Waals surface area contributed by atoms with Gasteiger partial charge in [0.25, 0.3) is 0 Å². The predicted molar refractivity (Wildman–Crippen MR) is 94.0 cm³/mol. The highest BCUT2D eigenvalue weighted by Gasteiger charge is 2.32. The van der Waals surface area contributed by atoms with Crippen LogP contribution in [0.15, 0.2) is 41.9 Å². The number of anilines is 1. The molecule has 2 atom stereocenters. The molecule has 122 valence electrons. The second-order valence-electron chi connectivity index (χ2n) is 6.34. The number of ether oxygens (including phenoxy) is 1. The van der Waals surface area contributed by atoms with Gasteiger partial charge in [-0.25, -0.2) is 4.98 Å². The van der Waals surface area contributed by atoms with Crippen LogP contribution in [0, 0.1) is 0 Å². The second-order valence-corrected chi connectivity index (χ2v) is 7.21. The van der Waals surface area contributed by atoms with Crippen LogP contribution in [0.4, 0.5) is 5.13 Å². The van der Waals surface area contributed by atoms with Gasteiger partial charge in [-0.2, -0.15) is 0 Å². The maximum Gasteiger partial charge on any atom is 0.185 e. The second kappa shape index (κ2) is 6.99. The first-order chi connectivity index (χ1) is 11.4. The van der Waals surface area contributed by atoms with E-state index in [4.69, 9.17) is 4.74 Å². The van der Waals surface area contributed by atoms with Crippen LogP contribution in [0.3, 0.4) is 0 Å². The molecule has 4 nitrogen and oxygen atoms in total. The molecule has 0 amide bonds. The van der Waals surface area contributed by atoms with Crippen LogP contribution in [0.5, 0.6) is 0 Å². The van der Waals surface area contributed by atoms with Crippen LogP contribution in [-0.4, -0.2) is 36.8 Å². The summed E-state index contributed by atoms with van der Waals surface area (Å²) in [6, 6.07) is 11.6. The van der Waals surface area contributed by atoms with Crippen molar-refractivity contribution in [2.24, 2.45) is 0 Å². The van der Waals surface area contributed by atoms with Gasteiger partial charge in [-0.05, 0) is 24.8 Å². The van der Waals surface area contributed by atoms with Gasteiger partial charge in [-0.1, -0.05) is 30.3 Å². The Hall–Kier alpha value is -1.43. The van der Waals surface area contributed by atoms with Crippen molar-refractivity contribution >= 4 is 16.5 Å². The molecule has 2 saturated heterocycles. The topological polar surface area (TPSA) is 37.4 Å². The number of thiazole rings is 1. The molecule has 23 heavy (non-hydrogen) atoms. The van der Waals surface area contributed by atoms with Crippen molar-refractivity contribution in [3.63, 3.8) is 0 Å². The average Bonchev–Trinajstić information content (AvgIpc) is 3.28. The van der Waals surface area contributed by atoms with E-state index in [2.05, 4.69) is 50.9 Å². The Morgan fingerprint density at radius 1 is 1.13 bits per heavy atom. The number of piperidine rings is 1. The molecule has 1 N–H and O–H groups in total. The highest BCUT2D eigenvalue weighted by atomic mass is 32.1. The smallest absolute Gasteiger partial charge is 0.185 e. The third kappa shape index (κ3) is 3.42. The van der Waals surface area contributed by atoms with Crippen molar-refractivity contribution in [1.29, 1.82) is 0 Å². The normalized spacial score (nSPS) is 25.8. The molecule has 0 radical (unpaired) electrons. The number of hydrogen-bond acceptors (Lipinski definition) is 5. The first-order valence-electron chi connectivity index (χ1n) is 8.47. The van der Waals surface area contributed by atoms with Gasteiger partial charge in [0.15, 0.2) is 5.13 Å². The summed E-state index contributed by atoms with van der Waals surface area (Å²) in [7, 11) is 0. The van der Waals surface area contributed by atoms with E-state index in [0.29, 0.717) is 12.1 Å². The van der Waals surface area contributed by atoms with E-state index in [0.717, 1.165) is 31.2 Å². The molecule has 0 bridgehead atoms. The molecule has 0 aliphatic carbocycles. The molecule has 1 aromatic heterocycles. The number of hydrogen-bond donors (Lipinski definition) is 1. The SMILES string of the molecule is c1ccc(C2OCCC2NC2CCN(c3nccs3)CC2)cc1. The monoisotopic (exact) mass is 329 g/mol. The van der Waals surface area contributed by atoms with E-state index in [1.807, 2.05) is 6.20 Å². The lowest BCUT2D eigenvalue weighted by Crippen LogP contribution is -2.47. The predicted octanol–water partition coefficient (Wildman–Crippen LogP) is 3.23. The first-order valence-corrected chi connectivity index (χ1v) is 9.35. The Bertz CT molecular complexity index is 596. The zero-order valence-electron chi connectivity index (χ0n) is 13.2.